The van der Waals surface area contributed by atoms with Gasteiger partial charge in [0.05, 0.1) is 5.69 Å². The number of aryl methyl sites for hydroxylation is 8. The minimum atomic E-state index is -1.17. The van der Waals surface area contributed by atoms with Crippen LogP contribution >= 0.6 is 10.0 Å². The van der Waals surface area contributed by atoms with E-state index in [1.54, 1.807) is 0 Å². The number of rotatable bonds is 9. The Morgan fingerprint density at radius 1 is 0.379 bits per heavy atom. The van der Waals surface area contributed by atoms with E-state index >= 15 is 0 Å². The van der Waals surface area contributed by atoms with Crippen LogP contribution in [0.3, 0.4) is 0 Å². The second-order valence-electron chi connectivity index (χ2n) is 19.0. The molecule has 10 rings (SSSR count). The van der Waals surface area contributed by atoms with Gasteiger partial charge in [-0.2, -0.15) is 0 Å². The van der Waals surface area contributed by atoms with Crippen LogP contribution in [0.4, 0.5) is 34.1 Å². The monoisotopic (exact) mass is 880 g/mol. The zero-order chi connectivity index (χ0) is 46.4. The maximum absolute atomic E-state index is 2.58. The van der Waals surface area contributed by atoms with E-state index in [1.165, 1.54) is 127 Å². The Kier molecular flexibility index (Phi) is 12.2. The summed E-state index contributed by atoms with van der Waals surface area (Å²) in [7, 11) is -1.17. The predicted octanol–water partition coefficient (Wildman–Crippen LogP) is 18.3. The van der Waals surface area contributed by atoms with Gasteiger partial charge in [-0.1, -0.05) is 129 Å². The van der Waals surface area contributed by atoms with Crippen LogP contribution in [0, 0.1) is 41.5 Å². The minimum absolute atomic E-state index is 0.971. The Labute approximate surface area is 395 Å². The second-order valence-corrected chi connectivity index (χ2v) is 23.1. The largest absolute Gasteiger partial charge is 0.310 e. The van der Waals surface area contributed by atoms with Crippen molar-refractivity contribution < 1.29 is 0 Å². The molecule has 1 aliphatic carbocycles. The third-order valence-electron chi connectivity index (χ3n) is 13.2. The summed E-state index contributed by atoms with van der Waals surface area (Å²) >= 11 is 0. The third kappa shape index (κ3) is 8.31. The normalized spacial score (nSPS) is 12.3. The van der Waals surface area contributed by atoms with Gasteiger partial charge in [0.25, 0.3) is 0 Å². The summed E-state index contributed by atoms with van der Waals surface area (Å²) in [6.07, 6.45) is 9.40. The van der Waals surface area contributed by atoms with Crippen LogP contribution in [-0.2, 0) is 12.8 Å². The lowest BCUT2D eigenvalue weighted by Crippen LogP contribution is -2.18. The molecule has 66 heavy (non-hydrogen) atoms. The molecule has 0 spiro atoms. The third-order valence-corrected chi connectivity index (χ3v) is 14.9. The highest BCUT2D eigenvalue weighted by molar-refractivity contribution is 8.32. The molecular weight excluding hydrogens is 817 g/mol. The van der Waals surface area contributed by atoms with Gasteiger partial charge in [-0.25, -0.2) is 10.0 Å². The molecule has 1 aliphatic rings. The van der Waals surface area contributed by atoms with Crippen molar-refractivity contribution in [2.75, 3.05) is 28.6 Å². The Balaban J connectivity index is 0.00000270. The molecule has 0 unspecified atom stereocenters. The summed E-state index contributed by atoms with van der Waals surface area (Å²) in [6.45, 7) is 17.4. The van der Waals surface area contributed by atoms with E-state index in [0.717, 1.165) is 12.8 Å². The minimum Gasteiger partial charge on any atom is -0.310 e. The van der Waals surface area contributed by atoms with Gasteiger partial charge in [-0.3, -0.25) is 0 Å². The standard InChI is InChI=1S/C61H58N2S.C2H6/c1-39-30-40(2)33-50(32-39)62(56-36-48(22-20-43(56)5)45-16-12-10-13-17-45)55-29-25-47-24-26-53-58(38-59(64(7,8)9)54-28-27-52(55)60(47)61(53)54)63(51-34-41(3)31-42(4)35-51)57-37-49(23-21-44(57)6)46-18-14-11-15-19-46;1-2/h10-26,29-38H,27-28H2,1-9H3;1-2H3. The first-order chi connectivity index (χ1) is 31.8. The van der Waals surface area contributed by atoms with E-state index in [2.05, 4.69) is 234 Å². The maximum Gasteiger partial charge on any atom is 0.0551 e. The molecular formula is C63H64N2S. The van der Waals surface area contributed by atoms with Crippen molar-refractivity contribution in [3.05, 3.63) is 208 Å². The van der Waals surface area contributed by atoms with Gasteiger partial charge in [-0.05, 0) is 209 Å². The molecule has 9 aromatic rings. The fourth-order valence-corrected chi connectivity index (χ4v) is 11.8. The lowest BCUT2D eigenvalue weighted by molar-refractivity contribution is 0.938. The van der Waals surface area contributed by atoms with Crippen LogP contribution in [0.5, 0.6) is 0 Å². The second kappa shape index (κ2) is 18.0. The predicted molar refractivity (Wildman–Crippen MR) is 292 cm³/mol. The summed E-state index contributed by atoms with van der Waals surface area (Å²) in [5.74, 6) is 0. The van der Waals surface area contributed by atoms with E-state index < -0.39 is 10.0 Å². The summed E-state index contributed by atoms with van der Waals surface area (Å²) < 4.78 is 0. The van der Waals surface area contributed by atoms with E-state index in [0.29, 0.717) is 0 Å². The quantitative estimate of drug-likeness (QED) is 0.133. The van der Waals surface area contributed by atoms with Gasteiger partial charge in [0.15, 0.2) is 0 Å². The maximum atomic E-state index is 2.58. The molecule has 0 bridgehead atoms. The molecule has 3 heteroatoms. The van der Waals surface area contributed by atoms with Crippen molar-refractivity contribution in [2.24, 2.45) is 0 Å². The zero-order valence-electron chi connectivity index (χ0n) is 40.8. The van der Waals surface area contributed by atoms with Gasteiger partial charge in [-0.15, -0.1) is 0 Å². The molecule has 9 aromatic carbocycles. The van der Waals surface area contributed by atoms with Crippen molar-refractivity contribution in [3.8, 4) is 22.3 Å². The van der Waals surface area contributed by atoms with Gasteiger partial charge in [0.1, 0.15) is 0 Å². The Morgan fingerprint density at radius 3 is 1.32 bits per heavy atom. The average Bonchev–Trinajstić information content (AvgIpc) is 3.30. The van der Waals surface area contributed by atoms with Crippen molar-refractivity contribution in [1.82, 2.24) is 0 Å². The lowest BCUT2D eigenvalue weighted by Gasteiger charge is -2.37. The molecule has 0 aliphatic heterocycles. The summed E-state index contributed by atoms with van der Waals surface area (Å²) in [6, 6.07) is 61.8. The zero-order valence-corrected chi connectivity index (χ0v) is 41.6. The highest BCUT2D eigenvalue weighted by atomic mass is 32.3. The molecule has 0 aromatic heterocycles. The Hall–Kier alpha value is -6.55. The molecule has 0 heterocycles. The van der Waals surface area contributed by atoms with Gasteiger partial charge >= 0.3 is 0 Å². The fraction of sp³-hybridized carbons (Fsp3) is 0.206. The molecule has 0 radical (unpaired) electrons. The molecule has 0 saturated heterocycles. The van der Waals surface area contributed by atoms with Gasteiger partial charge in [0.2, 0.25) is 0 Å². The van der Waals surface area contributed by atoms with Crippen LogP contribution in [0.2, 0.25) is 0 Å². The lowest BCUT2D eigenvalue weighted by atomic mass is 9.84. The molecule has 0 atom stereocenters. The number of nitrogens with zero attached hydrogens (tertiary/aromatic N) is 2. The van der Waals surface area contributed by atoms with E-state index in [4.69, 9.17) is 0 Å². The van der Waals surface area contributed by atoms with Gasteiger partial charge < -0.3 is 9.80 Å². The number of hydrogen-bond acceptors (Lipinski definition) is 2. The number of benzene rings is 9. The van der Waals surface area contributed by atoms with Crippen LogP contribution < -0.4 is 9.80 Å². The number of hydrogen-bond donors (Lipinski definition) is 0. The van der Waals surface area contributed by atoms with Crippen LogP contribution in [-0.4, -0.2) is 18.8 Å². The summed E-state index contributed by atoms with van der Waals surface area (Å²) in [4.78, 5) is 6.66. The van der Waals surface area contributed by atoms with Crippen molar-refractivity contribution >= 4 is 65.7 Å². The first-order valence-electron chi connectivity index (χ1n) is 23.6. The fourth-order valence-electron chi connectivity index (χ4n) is 10.4. The number of anilines is 6. The molecule has 0 fully saturated rings. The van der Waals surface area contributed by atoms with Crippen molar-refractivity contribution in [1.29, 1.82) is 0 Å². The highest BCUT2D eigenvalue weighted by Gasteiger charge is 2.30. The molecule has 0 N–H and O–H groups in total. The SMILES string of the molecule is CC.Cc1cc(C)cc(N(c2cc(-c3ccccc3)ccc2C)c2ccc3ccc4c(N(c5cc(C)cc(C)c5)c5cc(-c6ccccc6)ccc5C)cc(S(C)(C)C)c5c4c3c2CC5)c1. The first-order valence-corrected chi connectivity index (χ1v) is 26.5. The topological polar surface area (TPSA) is 6.48 Å². The highest BCUT2D eigenvalue weighted by Crippen LogP contribution is 2.56. The first kappa shape index (κ1) is 44.6. The smallest absolute Gasteiger partial charge is 0.0551 e. The average molecular weight is 881 g/mol. The molecule has 332 valence electrons. The summed E-state index contributed by atoms with van der Waals surface area (Å²) in [5, 5.41) is 5.41. The van der Waals surface area contributed by atoms with E-state index in [-0.39, 0.29) is 0 Å². The molecule has 0 saturated carbocycles. The van der Waals surface area contributed by atoms with Gasteiger partial charge in [0, 0.05) is 33.8 Å². The van der Waals surface area contributed by atoms with Crippen LogP contribution in [0.25, 0.3) is 43.8 Å². The van der Waals surface area contributed by atoms with Crippen molar-refractivity contribution in [2.45, 2.75) is 73.1 Å². The molecule has 2 nitrogen and oxygen atoms in total. The van der Waals surface area contributed by atoms with E-state index in [1.807, 2.05) is 13.8 Å². The Bertz CT molecular complexity index is 3230. The van der Waals surface area contributed by atoms with Crippen molar-refractivity contribution in [3.63, 3.8) is 0 Å². The Morgan fingerprint density at radius 2 is 0.833 bits per heavy atom. The summed E-state index contributed by atoms with van der Waals surface area (Å²) in [5.41, 5.74) is 22.7. The van der Waals surface area contributed by atoms with Crippen LogP contribution in [0.15, 0.2) is 169 Å². The van der Waals surface area contributed by atoms with Crippen LogP contribution in [0.1, 0.15) is 58.4 Å². The molecule has 0 amide bonds. The van der Waals surface area contributed by atoms with E-state index in [9.17, 15) is 0 Å².